The number of hydrogen-bond acceptors (Lipinski definition) is 6. The summed E-state index contributed by atoms with van der Waals surface area (Å²) in [7, 11) is 1.54. The minimum Gasteiger partial charge on any atom is -0.496 e. The van der Waals surface area contributed by atoms with Gasteiger partial charge in [-0.05, 0) is 75.9 Å². The van der Waals surface area contributed by atoms with Crippen molar-refractivity contribution in [3.63, 3.8) is 0 Å². The number of methoxy groups -OCH3 is 1. The van der Waals surface area contributed by atoms with E-state index in [9.17, 15) is 14.4 Å². The minimum absolute atomic E-state index is 0.204. The summed E-state index contributed by atoms with van der Waals surface area (Å²) in [6.45, 7) is 8.84. The zero-order valence-corrected chi connectivity index (χ0v) is 21.8. The third-order valence-corrected chi connectivity index (χ3v) is 5.26. The molecular formula is C30H34O6. The summed E-state index contributed by atoms with van der Waals surface area (Å²) in [5, 5.41) is 0. The summed E-state index contributed by atoms with van der Waals surface area (Å²) in [4.78, 5) is 36.1. The lowest BCUT2D eigenvalue weighted by molar-refractivity contribution is -0.132. The molecule has 190 valence electrons. The Kier molecular flexibility index (Phi) is 10.9. The van der Waals surface area contributed by atoms with Gasteiger partial charge in [0.25, 0.3) is 0 Å². The number of ether oxygens (including phenoxy) is 3. The first-order valence-corrected chi connectivity index (χ1v) is 11.8. The van der Waals surface area contributed by atoms with E-state index in [0.717, 1.165) is 18.4 Å². The van der Waals surface area contributed by atoms with Crippen molar-refractivity contribution < 1.29 is 28.6 Å². The lowest BCUT2D eigenvalue weighted by Crippen LogP contribution is -2.10. The van der Waals surface area contributed by atoms with Gasteiger partial charge in [0.05, 0.1) is 12.7 Å². The van der Waals surface area contributed by atoms with Crippen LogP contribution in [-0.2, 0) is 16.0 Å². The fourth-order valence-electron chi connectivity index (χ4n) is 3.49. The van der Waals surface area contributed by atoms with Crippen molar-refractivity contribution in [2.24, 2.45) is 0 Å². The number of carbonyl (C=O) groups is 3. The first kappa shape index (κ1) is 28.3. The summed E-state index contributed by atoms with van der Waals surface area (Å²) in [6, 6.07) is 10.1. The molecule has 36 heavy (non-hydrogen) atoms. The smallest absolute Gasteiger partial charge is 0.308 e. The number of ketones is 1. The average Bonchev–Trinajstić information content (AvgIpc) is 2.81. The molecule has 0 saturated heterocycles. The highest BCUT2D eigenvalue weighted by molar-refractivity contribution is 6.09. The summed E-state index contributed by atoms with van der Waals surface area (Å²) in [5.41, 5.74) is 4.12. The first-order valence-electron chi connectivity index (χ1n) is 11.8. The number of hydrogen-bond donors (Lipinski definition) is 0. The van der Waals surface area contributed by atoms with Gasteiger partial charge in [-0.3, -0.25) is 14.4 Å². The Hall–Kier alpha value is -3.93. The van der Waals surface area contributed by atoms with Gasteiger partial charge in [0, 0.05) is 19.4 Å². The Morgan fingerprint density at radius 1 is 0.833 bits per heavy atom. The lowest BCUT2D eigenvalue weighted by Gasteiger charge is -2.15. The Bertz CT molecular complexity index is 1180. The second-order valence-electron chi connectivity index (χ2n) is 8.65. The maximum absolute atomic E-state index is 13.1. The molecule has 0 N–H and O–H groups in total. The zero-order valence-electron chi connectivity index (χ0n) is 21.8. The molecule has 0 spiro atoms. The van der Waals surface area contributed by atoms with Gasteiger partial charge in [0.1, 0.15) is 17.2 Å². The van der Waals surface area contributed by atoms with Crippen molar-refractivity contribution in [2.75, 3.05) is 7.11 Å². The Labute approximate surface area is 213 Å². The highest BCUT2D eigenvalue weighted by Crippen LogP contribution is 2.34. The van der Waals surface area contributed by atoms with E-state index >= 15 is 0 Å². The molecule has 6 heteroatoms. The Balaban J connectivity index is 2.35. The third-order valence-electron chi connectivity index (χ3n) is 5.26. The van der Waals surface area contributed by atoms with E-state index in [2.05, 4.69) is 32.9 Å². The fourth-order valence-corrected chi connectivity index (χ4v) is 3.49. The predicted molar refractivity (Wildman–Crippen MR) is 142 cm³/mol. The van der Waals surface area contributed by atoms with Crippen molar-refractivity contribution in [1.82, 2.24) is 0 Å². The highest BCUT2D eigenvalue weighted by Gasteiger charge is 2.20. The first-order chi connectivity index (χ1) is 17.1. The summed E-state index contributed by atoms with van der Waals surface area (Å²) < 4.78 is 16.1. The van der Waals surface area contributed by atoms with E-state index in [1.165, 1.54) is 31.1 Å². The van der Waals surface area contributed by atoms with Crippen LogP contribution < -0.4 is 14.2 Å². The van der Waals surface area contributed by atoms with Crippen molar-refractivity contribution in [3.05, 3.63) is 82.5 Å². The molecule has 0 radical (unpaired) electrons. The molecular weight excluding hydrogens is 456 g/mol. The summed E-state index contributed by atoms with van der Waals surface area (Å²) in [5.74, 6) is -0.0700. The fraction of sp³-hybridized carbons (Fsp3) is 0.300. The van der Waals surface area contributed by atoms with Crippen molar-refractivity contribution in [2.45, 2.75) is 53.9 Å². The molecule has 0 saturated carbocycles. The molecule has 0 atom stereocenters. The van der Waals surface area contributed by atoms with Gasteiger partial charge in [-0.2, -0.15) is 0 Å². The van der Waals surface area contributed by atoms with Gasteiger partial charge in [0.15, 0.2) is 5.78 Å². The van der Waals surface area contributed by atoms with Crippen LogP contribution in [-0.4, -0.2) is 24.8 Å². The van der Waals surface area contributed by atoms with Crippen molar-refractivity contribution in [3.8, 4) is 17.2 Å². The molecule has 2 aromatic carbocycles. The number of benzene rings is 2. The van der Waals surface area contributed by atoms with E-state index in [-0.39, 0.29) is 17.1 Å². The molecule has 0 heterocycles. The molecule has 0 unspecified atom stereocenters. The molecule has 0 amide bonds. The SMILES string of the molecule is COc1ccc(C(=O)C=Cc2ccc(OC(C)=O)cc2)c(OC(C)=O)c1CC=C(C)CCC=C(C)C. The normalized spacial score (nSPS) is 11.2. The Morgan fingerprint density at radius 2 is 1.50 bits per heavy atom. The van der Waals surface area contributed by atoms with Gasteiger partial charge in [-0.25, -0.2) is 0 Å². The molecule has 2 aromatic rings. The van der Waals surface area contributed by atoms with Crippen LogP contribution in [0.2, 0.25) is 0 Å². The maximum atomic E-state index is 13.1. The van der Waals surface area contributed by atoms with Crippen LogP contribution in [0.5, 0.6) is 17.2 Å². The van der Waals surface area contributed by atoms with Gasteiger partial charge >= 0.3 is 11.9 Å². The molecule has 0 aliphatic carbocycles. The van der Waals surface area contributed by atoms with Crippen molar-refractivity contribution >= 4 is 23.8 Å². The Morgan fingerprint density at radius 3 is 2.08 bits per heavy atom. The molecule has 0 aliphatic heterocycles. The zero-order chi connectivity index (χ0) is 26.7. The number of carbonyl (C=O) groups excluding carboxylic acids is 3. The second-order valence-corrected chi connectivity index (χ2v) is 8.65. The largest absolute Gasteiger partial charge is 0.496 e. The molecule has 0 bridgehead atoms. The van der Waals surface area contributed by atoms with E-state index in [1.807, 2.05) is 0 Å². The predicted octanol–water partition coefficient (Wildman–Crippen LogP) is 6.68. The quantitative estimate of drug-likeness (QED) is 0.115. The second kappa shape index (κ2) is 13.8. The molecule has 6 nitrogen and oxygen atoms in total. The van der Waals surface area contributed by atoms with Gasteiger partial charge < -0.3 is 14.2 Å². The number of rotatable bonds is 11. The maximum Gasteiger partial charge on any atom is 0.308 e. The topological polar surface area (TPSA) is 78.9 Å². The standard InChI is InChI=1S/C30H34O6/c1-20(2)8-7-9-21(3)10-16-27-29(34-6)19-17-26(30(27)36-23(5)32)28(33)18-13-24-11-14-25(15-12-24)35-22(4)31/h8,10-15,17-19H,7,9,16H2,1-6H3. The van der Waals surface area contributed by atoms with E-state index in [1.54, 1.807) is 49.6 Å². The van der Waals surface area contributed by atoms with Gasteiger partial charge in [0.2, 0.25) is 0 Å². The van der Waals surface area contributed by atoms with Crippen molar-refractivity contribution in [1.29, 1.82) is 0 Å². The van der Waals surface area contributed by atoms with E-state index < -0.39 is 11.9 Å². The summed E-state index contributed by atoms with van der Waals surface area (Å²) >= 11 is 0. The number of esters is 2. The van der Waals surface area contributed by atoms with Crippen LogP contribution in [0.25, 0.3) is 6.08 Å². The van der Waals surface area contributed by atoms with Crippen LogP contribution in [0.4, 0.5) is 0 Å². The van der Waals surface area contributed by atoms with Crippen LogP contribution in [0.3, 0.4) is 0 Å². The van der Waals surface area contributed by atoms with E-state index in [4.69, 9.17) is 14.2 Å². The van der Waals surface area contributed by atoms with Crippen LogP contribution in [0.1, 0.15) is 68.9 Å². The minimum atomic E-state index is -0.521. The van der Waals surface area contributed by atoms with Gasteiger partial charge in [-0.15, -0.1) is 0 Å². The van der Waals surface area contributed by atoms with Crippen LogP contribution >= 0.6 is 0 Å². The molecule has 0 aromatic heterocycles. The lowest BCUT2D eigenvalue weighted by atomic mass is 9.99. The van der Waals surface area contributed by atoms with Gasteiger partial charge in [-0.1, -0.05) is 41.5 Å². The van der Waals surface area contributed by atoms with Crippen LogP contribution in [0, 0.1) is 0 Å². The number of allylic oxidation sites excluding steroid dienone is 5. The highest BCUT2D eigenvalue weighted by atomic mass is 16.5. The third kappa shape index (κ3) is 9.02. The monoisotopic (exact) mass is 490 g/mol. The molecule has 0 fully saturated rings. The average molecular weight is 491 g/mol. The molecule has 0 aliphatic rings. The summed E-state index contributed by atoms with van der Waals surface area (Å²) in [6.07, 6.45) is 9.64. The van der Waals surface area contributed by atoms with E-state index in [0.29, 0.717) is 23.5 Å². The van der Waals surface area contributed by atoms with Crippen LogP contribution in [0.15, 0.2) is 65.8 Å². The molecule has 2 rings (SSSR count).